The fourth-order valence-corrected chi connectivity index (χ4v) is 8.03. The van der Waals surface area contributed by atoms with E-state index in [1.165, 1.54) is 23.9 Å². The van der Waals surface area contributed by atoms with E-state index in [2.05, 4.69) is 43.1 Å². The van der Waals surface area contributed by atoms with Crippen molar-refractivity contribution in [2.45, 2.75) is 61.0 Å². The van der Waals surface area contributed by atoms with Crippen LogP contribution < -0.4 is 15.6 Å². The van der Waals surface area contributed by atoms with Gasteiger partial charge in [-0.3, -0.25) is 20.0 Å². The summed E-state index contributed by atoms with van der Waals surface area (Å²) in [7, 11) is 4.01. The number of imidazole rings is 1. The quantitative estimate of drug-likeness (QED) is 0.407. The number of aliphatic hydroxyl groups excluding tert-OH is 1. The lowest BCUT2D eigenvalue weighted by atomic mass is 10.1. The lowest BCUT2D eigenvalue weighted by Crippen LogP contribution is -2.59. The van der Waals surface area contributed by atoms with Gasteiger partial charge in [-0.25, -0.2) is 14.1 Å². The molecule has 0 saturated carbocycles. The van der Waals surface area contributed by atoms with E-state index in [0.29, 0.717) is 23.7 Å². The Kier molecular flexibility index (Phi) is 8.05. The number of aryl methyl sites for hydroxylation is 1. The lowest BCUT2D eigenvalue weighted by molar-refractivity contribution is -0.146. The molecule has 1 aromatic heterocycles. The van der Waals surface area contributed by atoms with E-state index in [-0.39, 0.29) is 34.8 Å². The number of anilines is 1. The number of nitriles is 1. The molecule has 42 heavy (non-hydrogen) atoms. The smallest absolute Gasteiger partial charge is 0.239 e. The minimum absolute atomic E-state index is 0.00672. The summed E-state index contributed by atoms with van der Waals surface area (Å²) in [5.74, 6) is 0.697. The molecule has 2 saturated heterocycles. The van der Waals surface area contributed by atoms with Crippen molar-refractivity contribution in [3.63, 3.8) is 0 Å². The molecule has 0 radical (unpaired) electrons. The van der Waals surface area contributed by atoms with Crippen LogP contribution in [0.1, 0.15) is 31.5 Å². The highest BCUT2D eigenvalue weighted by molar-refractivity contribution is 8.04. The van der Waals surface area contributed by atoms with E-state index in [4.69, 9.17) is 4.98 Å². The number of carbonyl (C=O) groups excluding carboxylic acids is 1. The zero-order valence-electron chi connectivity index (χ0n) is 24.1. The Morgan fingerprint density at radius 3 is 2.67 bits per heavy atom. The molecule has 4 atom stereocenters. The van der Waals surface area contributed by atoms with Crippen LogP contribution >= 0.6 is 23.5 Å². The number of amides is 1. The molecular weight excluding hydrogens is 578 g/mol. The number of aliphatic hydroxyl groups is 1. The third-order valence-corrected chi connectivity index (χ3v) is 10.9. The summed E-state index contributed by atoms with van der Waals surface area (Å²) in [6, 6.07) is 8.47. The molecule has 2 aromatic rings. The average Bonchev–Trinajstić information content (AvgIpc) is 3.76. The molecule has 5 heterocycles. The molecule has 2 fully saturated rings. The fourth-order valence-electron chi connectivity index (χ4n) is 5.91. The van der Waals surface area contributed by atoms with E-state index >= 15 is 0 Å². The number of likely N-dealkylation sites (N-methyl/N-ethyl adjacent to an activating group) is 1. The van der Waals surface area contributed by atoms with Gasteiger partial charge in [-0.2, -0.15) is 5.26 Å². The van der Waals surface area contributed by atoms with Crippen molar-refractivity contribution in [1.82, 2.24) is 29.7 Å². The maximum absolute atomic E-state index is 13.5. The molecule has 1 amide bonds. The van der Waals surface area contributed by atoms with Crippen molar-refractivity contribution in [1.29, 1.82) is 5.26 Å². The van der Waals surface area contributed by atoms with E-state index < -0.39 is 6.10 Å². The Labute approximate surface area is 253 Å². The van der Waals surface area contributed by atoms with Gasteiger partial charge in [0.15, 0.2) is 16.5 Å². The van der Waals surface area contributed by atoms with Crippen LogP contribution in [0.3, 0.4) is 0 Å². The standard InChI is InChI=1S/C28H36FN9O2S2/c1-5-21-24(35(4)26-32-23(22(12-30)41-26)17-6-8-18(29)9-7-17)38-27(31-21)42-28(33-38)36-11-10-19(13-36)34(3)16(2)25(40)37-14-20(39)15-37/h6-9,16,19-20,26,28,32-33,39H,5,10-11,13-15H2,1-4H3. The van der Waals surface area contributed by atoms with Crippen LogP contribution in [0.5, 0.6) is 0 Å². The Morgan fingerprint density at radius 1 is 1.26 bits per heavy atom. The number of halogens is 1. The number of allylic oxidation sites excluding steroid dienone is 1. The van der Waals surface area contributed by atoms with Gasteiger partial charge in [0.2, 0.25) is 5.91 Å². The third-order valence-electron chi connectivity index (χ3n) is 8.57. The maximum Gasteiger partial charge on any atom is 0.239 e. The number of hydrogen-bond donors (Lipinski definition) is 3. The summed E-state index contributed by atoms with van der Waals surface area (Å²) in [4.78, 5) is 26.7. The molecule has 3 N–H and O–H groups in total. The van der Waals surface area contributed by atoms with Crippen LogP contribution in [0.2, 0.25) is 0 Å². The van der Waals surface area contributed by atoms with Crippen LogP contribution in [0.15, 0.2) is 34.3 Å². The molecule has 6 rings (SSSR count). The van der Waals surface area contributed by atoms with Gasteiger partial charge in [0.25, 0.3) is 0 Å². The highest BCUT2D eigenvalue weighted by atomic mass is 32.2. The Bertz CT molecular complexity index is 1420. The van der Waals surface area contributed by atoms with Crippen LogP contribution in [-0.4, -0.2) is 105 Å². The number of nitrogens with zero attached hydrogens (tertiary/aromatic N) is 7. The van der Waals surface area contributed by atoms with Gasteiger partial charge in [-0.05, 0) is 68.4 Å². The second-order valence-electron chi connectivity index (χ2n) is 11.2. The number of aromatic nitrogens is 2. The van der Waals surface area contributed by atoms with Gasteiger partial charge in [0.05, 0.1) is 23.5 Å². The molecule has 0 aliphatic carbocycles. The highest BCUT2D eigenvalue weighted by Gasteiger charge is 2.41. The first-order valence-electron chi connectivity index (χ1n) is 14.2. The maximum atomic E-state index is 13.5. The number of fused-ring (bicyclic) bond motifs is 1. The Morgan fingerprint density at radius 2 is 2.00 bits per heavy atom. The van der Waals surface area contributed by atoms with Gasteiger partial charge in [-0.15, -0.1) is 0 Å². The Balaban J connectivity index is 1.12. The number of hydrogen-bond acceptors (Lipinski definition) is 11. The molecular formula is C28H36FN9O2S2. The van der Waals surface area contributed by atoms with Crippen LogP contribution in [0.4, 0.5) is 10.2 Å². The van der Waals surface area contributed by atoms with Crippen molar-refractivity contribution < 1.29 is 14.3 Å². The predicted molar refractivity (Wildman–Crippen MR) is 162 cm³/mol. The molecule has 14 heteroatoms. The van der Waals surface area contributed by atoms with Gasteiger partial charge in [-0.1, -0.05) is 18.7 Å². The van der Waals surface area contributed by atoms with Gasteiger partial charge < -0.3 is 20.2 Å². The normalized spacial score (nSPS) is 24.8. The van der Waals surface area contributed by atoms with E-state index in [0.717, 1.165) is 48.2 Å². The monoisotopic (exact) mass is 613 g/mol. The first-order valence-corrected chi connectivity index (χ1v) is 16.0. The fraction of sp³-hybridized carbons (Fsp3) is 0.536. The first-order chi connectivity index (χ1) is 20.2. The van der Waals surface area contributed by atoms with E-state index in [9.17, 15) is 19.6 Å². The van der Waals surface area contributed by atoms with Gasteiger partial charge >= 0.3 is 0 Å². The molecule has 4 aliphatic heterocycles. The van der Waals surface area contributed by atoms with Crippen molar-refractivity contribution in [2.24, 2.45) is 0 Å². The number of likely N-dealkylation sites (tertiary alicyclic amines) is 2. The Hall–Kier alpha value is -2.96. The summed E-state index contributed by atoms with van der Waals surface area (Å²) < 4.78 is 15.6. The molecule has 0 bridgehead atoms. The molecule has 0 spiro atoms. The van der Waals surface area contributed by atoms with E-state index in [1.54, 1.807) is 28.8 Å². The second kappa shape index (κ2) is 11.6. The minimum atomic E-state index is -0.396. The van der Waals surface area contributed by atoms with Crippen molar-refractivity contribution >= 4 is 40.9 Å². The largest absolute Gasteiger partial charge is 0.389 e. The summed E-state index contributed by atoms with van der Waals surface area (Å²) in [5, 5.41) is 23.8. The average molecular weight is 614 g/mol. The molecule has 4 aliphatic rings. The van der Waals surface area contributed by atoms with Gasteiger partial charge in [0.1, 0.15) is 22.3 Å². The molecule has 224 valence electrons. The van der Waals surface area contributed by atoms with Crippen LogP contribution in [0, 0.1) is 17.1 Å². The first kappa shape index (κ1) is 29.1. The summed E-state index contributed by atoms with van der Waals surface area (Å²) in [6.45, 7) is 6.61. The minimum Gasteiger partial charge on any atom is -0.389 e. The van der Waals surface area contributed by atoms with E-state index in [1.807, 2.05) is 21.0 Å². The third kappa shape index (κ3) is 5.22. The summed E-state index contributed by atoms with van der Waals surface area (Å²) >= 11 is 3.12. The van der Waals surface area contributed by atoms with Crippen LogP contribution in [0.25, 0.3) is 5.70 Å². The number of β-amino-alcohol motifs (C(OH)–C–C–N with tert-alkyl or cyclic N) is 1. The molecule has 1 aromatic carbocycles. The topological polar surface area (TPSA) is 116 Å². The SMILES string of the molecule is CCc1nc2n(c1N(C)C1NC(c3ccc(F)cc3)=C(C#N)S1)NC(N1CCC(N(C)C(C)C(=O)N3CC(O)C3)C1)S2. The molecule has 11 nitrogen and oxygen atoms in total. The van der Waals surface area contributed by atoms with Crippen molar-refractivity contribution in [3.8, 4) is 6.07 Å². The summed E-state index contributed by atoms with van der Waals surface area (Å²) in [5.41, 5.74) is 5.85. The number of rotatable bonds is 8. The number of carbonyl (C=O) groups is 1. The lowest BCUT2D eigenvalue weighted by Gasteiger charge is -2.40. The summed E-state index contributed by atoms with van der Waals surface area (Å²) in [6.07, 6.45) is 1.32. The number of thioether (sulfide) groups is 2. The van der Waals surface area contributed by atoms with Crippen molar-refractivity contribution in [2.75, 3.05) is 50.6 Å². The van der Waals surface area contributed by atoms with Gasteiger partial charge in [0, 0.05) is 39.3 Å². The number of nitrogens with one attached hydrogen (secondary N) is 2. The van der Waals surface area contributed by atoms with Crippen LogP contribution in [-0.2, 0) is 11.2 Å². The second-order valence-corrected chi connectivity index (χ2v) is 13.3. The molecule has 4 unspecified atom stereocenters. The number of benzene rings is 1. The highest BCUT2D eigenvalue weighted by Crippen LogP contribution is 2.42. The van der Waals surface area contributed by atoms with Crippen molar-refractivity contribution in [3.05, 3.63) is 46.2 Å². The predicted octanol–water partition coefficient (Wildman–Crippen LogP) is 2.06. The zero-order chi connectivity index (χ0) is 29.7. The zero-order valence-corrected chi connectivity index (χ0v) is 25.8.